The van der Waals surface area contributed by atoms with Gasteiger partial charge in [0.2, 0.25) is 0 Å². The van der Waals surface area contributed by atoms with Crippen molar-refractivity contribution in [3.8, 4) is 0 Å². The van der Waals surface area contributed by atoms with Crippen molar-refractivity contribution in [3.63, 3.8) is 0 Å². The Kier molecular flexibility index (Phi) is 4.29. The molecule has 3 rings (SSSR count). The predicted molar refractivity (Wildman–Crippen MR) is 81.7 cm³/mol. The van der Waals surface area contributed by atoms with Crippen LogP contribution in [0.4, 0.5) is 4.39 Å². The van der Waals surface area contributed by atoms with Crippen molar-refractivity contribution in [2.45, 2.75) is 44.2 Å². The molecule has 0 bridgehead atoms. The summed E-state index contributed by atoms with van der Waals surface area (Å²) in [5.41, 5.74) is 8.78. The molecule has 0 aromatic heterocycles. The summed E-state index contributed by atoms with van der Waals surface area (Å²) in [6.45, 7) is 5.44. The molecule has 3 nitrogen and oxygen atoms in total. The SMILES string of the molecule is Cc1cc(F)ccc1C(N)C1(N2CCOCC2)CCCC1. The molecular weight excluding hydrogens is 267 g/mol. The molecule has 0 radical (unpaired) electrons. The number of ether oxygens (including phenoxy) is 1. The standard InChI is InChI=1S/C17H25FN2O/c1-13-12-14(18)4-5-15(13)16(19)17(6-2-3-7-17)20-8-10-21-11-9-20/h4-5,12,16H,2-3,6-11,19H2,1H3. The van der Waals surface area contributed by atoms with Crippen molar-refractivity contribution >= 4 is 0 Å². The summed E-state index contributed by atoms with van der Waals surface area (Å²) in [7, 11) is 0. The fraction of sp³-hybridized carbons (Fsp3) is 0.647. The molecular formula is C17H25FN2O. The highest BCUT2D eigenvalue weighted by Gasteiger charge is 2.45. The zero-order valence-corrected chi connectivity index (χ0v) is 12.8. The van der Waals surface area contributed by atoms with Crippen molar-refractivity contribution < 1.29 is 9.13 Å². The summed E-state index contributed by atoms with van der Waals surface area (Å²) in [6.07, 6.45) is 4.71. The first-order chi connectivity index (χ1) is 10.1. The number of hydrogen-bond acceptors (Lipinski definition) is 3. The van der Waals surface area contributed by atoms with Gasteiger partial charge in [-0.25, -0.2) is 4.39 Å². The first-order valence-electron chi connectivity index (χ1n) is 7.98. The lowest BCUT2D eigenvalue weighted by atomic mass is 9.81. The average Bonchev–Trinajstić information content (AvgIpc) is 2.98. The van der Waals surface area contributed by atoms with Crippen LogP contribution in [0.3, 0.4) is 0 Å². The van der Waals surface area contributed by atoms with Crippen LogP contribution in [0, 0.1) is 12.7 Å². The Labute approximate surface area is 126 Å². The molecule has 1 aliphatic heterocycles. The molecule has 1 atom stereocenters. The Bertz CT molecular complexity index is 494. The maximum Gasteiger partial charge on any atom is 0.123 e. The van der Waals surface area contributed by atoms with E-state index in [4.69, 9.17) is 10.5 Å². The molecule has 2 aliphatic rings. The van der Waals surface area contributed by atoms with Crippen molar-refractivity contribution in [1.82, 2.24) is 4.90 Å². The second-order valence-electron chi connectivity index (χ2n) is 6.39. The van der Waals surface area contributed by atoms with Gasteiger partial charge in [0, 0.05) is 24.7 Å². The molecule has 0 spiro atoms. The normalized spacial score (nSPS) is 24.1. The van der Waals surface area contributed by atoms with E-state index in [1.165, 1.54) is 18.9 Å². The topological polar surface area (TPSA) is 38.5 Å². The molecule has 1 saturated heterocycles. The minimum atomic E-state index is -0.185. The van der Waals surface area contributed by atoms with E-state index in [0.717, 1.165) is 50.3 Å². The van der Waals surface area contributed by atoms with Gasteiger partial charge in [-0.05, 0) is 43.0 Å². The Morgan fingerprint density at radius 1 is 1.24 bits per heavy atom. The maximum atomic E-state index is 13.4. The molecule has 2 N–H and O–H groups in total. The number of halogens is 1. The number of aryl methyl sites for hydroxylation is 1. The van der Waals surface area contributed by atoms with Crippen LogP contribution < -0.4 is 5.73 Å². The molecule has 1 heterocycles. The Balaban J connectivity index is 1.92. The minimum Gasteiger partial charge on any atom is -0.379 e. The summed E-state index contributed by atoms with van der Waals surface area (Å²) >= 11 is 0. The van der Waals surface area contributed by atoms with Crippen LogP contribution >= 0.6 is 0 Å². The highest BCUT2D eigenvalue weighted by Crippen LogP contribution is 2.44. The van der Waals surface area contributed by atoms with Gasteiger partial charge in [0.15, 0.2) is 0 Å². The van der Waals surface area contributed by atoms with Gasteiger partial charge < -0.3 is 10.5 Å². The first kappa shape index (κ1) is 14.9. The Morgan fingerprint density at radius 3 is 2.52 bits per heavy atom. The summed E-state index contributed by atoms with van der Waals surface area (Å²) in [5, 5.41) is 0. The second-order valence-corrected chi connectivity index (χ2v) is 6.39. The van der Waals surface area contributed by atoms with E-state index in [2.05, 4.69) is 4.90 Å². The summed E-state index contributed by atoms with van der Waals surface area (Å²) in [4.78, 5) is 2.52. The molecule has 2 fully saturated rings. The van der Waals surface area contributed by atoms with E-state index in [1.54, 1.807) is 6.07 Å². The van der Waals surface area contributed by atoms with Crippen LogP contribution in [0.15, 0.2) is 18.2 Å². The molecule has 21 heavy (non-hydrogen) atoms. The molecule has 4 heteroatoms. The van der Waals surface area contributed by atoms with Crippen LogP contribution in [0.1, 0.15) is 42.9 Å². The third-order valence-electron chi connectivity index (χ3n) is 5.26. The van der Waals surface area contributed by atoms with E-state index in [1.807, 2.05) is 13.0 Å². The monoisotopic (exact) mass is 292 g/mol. The largest absolute Gasteiger partial charge is 0.379 e. The summed E-state index contributed by atoms with van der Waals surface area (Å²) < 4.78 is 18.9. The van der Waals surface area contributed by atoms with Crippen LogP contribution in [0.25, 0.3) is 0 Å². The molecule has 1 aliphatic carbocycles. The molecule has 1 saturated carbocycles. The number of rotatable bonds is 3. The van der Waals surface area contributed by atoms with Gasteiger partial charge in [-0.15, -0.1) is 0 Å². The van der Waals surface area contributed by atoms with Crippen molar-refractivity contribution in [2.24, 2.45) is 5.73 Å². The number of nitrogens with two attached hydrogens (primary N) is 1. The quantitative estimate of drug-likeness (QED) is 0.931. The van der Waals surface area contributed by atoms with Crippen LogP contribution in [0.2, 0.25) is 0 Å². The van der Waals surface area contributed by atoms with Gasteiger partial charge in [0.05, 0.1) is 13.2 Å². The Hall–Kier alpha value is -0.970. The van der Waals surface area contributed by atoms with E-state index >= 15 is 0 Å². The van der Waals surface area contributed by atoms with Crippen LogP contribution in [0.5, 0.6) is 0 Å². The fourth-order valence-corrected chi connectivity index (χ4v) is 4.10. The van der Waals surface area contributed by atoms with Crippen molar-refractivity contribution in [1.29, 1.82) is 0 Å². The van der Waals surface area contributed by atoms with E-state index in [-0.39, 0.29) is 17.4 Å². The molecule has 1 aromatic rings. The van der Waals surface area contributed by atoms with Crippen molar-refractivity contribution in [3.05, 3.63) is 35.1 Å². The zero-order valence-electron chi connectivity index (χ0n) is 12.8. The first-order valence-corrected chi connectivity index (χ1v) is 7.98. The maximum absolute atomic E-state index is 13.4. The van der Waals surface area contributed by atoms with Gasteiger partial charge in [0.25, 0.3) is 0 Å². The third kappa shape index (κ3) is 2.72. The zero-order chi connectivity index (χ0) is 14.9. The van der Waals surface area contributed by atoms with Gasteiger partial charge in [-0.2, -0.15) is 0 Å². The number of nitrogens with zero attached hydrogens (tertiary/aromatic N) is 1. The molecule has 1 unspecified atom stereocenters. The molecule has 116 valence electrons. The van der Waals surface area contributed by atoms with Gasteiger partial charge in [-0.1, -0.05) is 18.9 Å². The molecule has 0 amide bonds. The lowest BCUT2D eigenvalue weighted by molar-refractivity contribution is -0.0312. The highest BCUT2D eigenvalue weighted by atomic mass is 19.1. The fourth-order valence-electron chi connectivity index (χ4n) is 4.10. The predicted octanol–water partition coefficient (Wildman–Crippen LogP) is 2.78. The summed E-state index contributed by atoms with van der Waals surface area (Å²) in [5.74, 6) is -0.185. The van der Waals surface area contributed by atoms with E-state index in [9.17, 15) is 4.39 Å². The van der Waals surface area contributed by atoms with Gasteiger partial charge >= 0.3 is 0 Å². The lowest BCUT2D eigenvalue weighted by Crippen LogP contribution is -2.57. The number of hydrogen-bond donors (Lipinski definition) is 1. The smallest absolute Gasteiger partial charge is 0.123 e. The summed E-state index contributed by atoms with van der Waals surface area (Å²) in [6, 6.07) is 4.94. The van der Waals surface area contributed by atoms with E-state index in [0.29, 0.717) is 0 Å². The van der Waals surface area contributed by atoms with Crippen molar-refractivity contribution in [2.75, 3.05) is 26.3 Å². The highest BCUT2D eigenvalue weighted by molar-refractivity contribution is 5.32. The third-order valence-corrected chi connectivity index (χ3v) is 5.26. The average molecular weight is 292 g/mol. The second kappa shape index (κ2) is 6.03. The van der Waals surface area contributed by atoms with E-state index < -0.39 is 0 Å². The van der Waals surface area contributed by atoms with Crippen LogP contribution in [-0.2, 0) is 4.74 Å². The Morgan fingerprint density at radius 2 is 1.90 bits per heavy atom. The minimum absolute atomic E-state index is 0.0202. The number of benzene rings is 1. The number of morpholine rings is 1. The van der Waals surface area contributed by atoms with Gasteiger partial charge in [0.1, 0.15) is 5.82 Å². The van der Waals surface area contributed by atoms with Gasteiger partial charge in [-0.3, -0.25) is 4.90 Å². The van der Waals surface area contributed by atoms with Crippen LogP contribution in [-0.4, -0.2) is 36.7 Å². The molecule has 1 aromatic carbocycles. The lowest BCUT2D eigenvalue weighted by Gasteiger charge is -2.47.